The zero-order chi connectivity index (χ0) is 9.26. The van der Waals surface area contributed by atoms with Crippen LogP contribution in [0, 0.1) is 0 Å². The third-order valence-electron chi connectivity index (χ3n) is 3.42. The molecule has 0 amide bonds. The quantitative estimate of drug-likeness (QED) is 0.642. The Balaban J connectivity index is 1.86. The second-order valence-electron chi connectivity index (χ2n) is 4.40. The molecule has 0 aromatic carbocycles. The van der Waals surface area contributed by atoms with Crippen LogP contribution in [0.2, 0.25) is 0 Å². The van der Waals surface area contributed by atoms with E-state index in [-0.39, 0.29) is 6.23 Å². The van der Waals surface area contributed by atoms with Crippen molar-refractivity contribution < 1.29 is 5.11 Å². The van der Waals surface area contributed by atoms with Gasteiger partial charge in [-0.1, -0.05) is 0 Å². The Morgan fingerprint density at radius 2 is 1.77 bits per heavy atom. The summed E-state index contributed by atoms with van der Waals surface area (Å²) in [7, 11) is 2.18. The van der Waals surface area contributed by atoms with Gasteiger partial charge in [-0.05, 0) is 45.8 Å². The van der Waals surface area contributed by atoms with Crippen molar-refractivity contribution in [1.29, 1.82) is 0 Å². The fourth-order valence-electron chi connectivity index (χ4n) is 2.52. The average Bonchev–Trinajstić information content (AvgIpc) is 2.53. The average molecular weight is 184 g/mol. The van der Waals surface area contributed by atoms with E-state index in [1.807, 2.05) is 0 Å². The molecule has 0 aromatic heterocycles. The van der Waals surface area contributed by atoms with Crippen LogP contribution in [-0.4, -0.2) is 53.9 Å². The van der Waals surface area contributed by atoms with Crippen molar-refractivity contribution in [1.82, 2.24) is 9.80 Å². The highest BCUT2D eigenvalue weighted by Crippen LogP contribution is 2.23. The highest BCUT2D eigenvalue weighted by atomic mass is 16.3. The summed E-state index contributed by atoms with van der Waals surface area (Å²) in [6.45, 7) is 3.48. The molecule has 2 rings (SSSR count). The van der Waals surface area contributed by atoms with E-state index >= 15 is 0 Å². The summed E-state index contributed by atoms with van der Waals surface area (Å²) in [5.74, 6) is 0. The monoisotopic (exact) mass is 184 g/mol. The second-order valence-corrected chi connectivity index (χ2v) is 4.40. The zero-order valence-corrected chi connectivity index (χ0v) is 8.45. The molecular formula is C10H20N2O. The van der Waals surface area contributed by atoms with Gasteiger partial charge in [0.25, 0.3) is 0 Å². The van der Waals surface area contributed by atoms with Gasteiger partial charge in [0.1, 0.15) is 6.23 Å². The molecule has 0 radical (unpaired) electrons. The van der Waals surface area contributed by atoms with Crippen molar-refractivity contribution in [2.75, 3.05) is 26.7 Å². The number of likely N-dealkylation sites (tertiary alicyclic amines) is 2. The Hall–Kier alpha value is -0.120. The van der Waals surface area contributed by atoms with Crippen LogP contribution in [0.15, 0.2) is 0 Å². The third kappa shape index (κ3) is 2.03. The van der Waals surface area contributed by atoms with Crippen molar-refractivity contribution in [3.63, 3.8) is 0 Å². The van der Waals surface area contributed by atoms with Crippen molar-refractivity contribution in [2.45, 2.75) is 38.0 Å². The molecule has 2 saturated heterocycles. The van der Waals surface area contributed by atoms with Crippen molar-refractivity contribution in [2.24, 2.45) is 0 Å². The smallest absolute Gasteiger partial charge is 0.107 e. The minimum Gasteiger partial charge on any atom is -0.378 e. The fraction of sp³-hybridized carbons (Fsp3) is 1.00. The van der Waals surface area contributed by atoms with Crippen LogP contribution in [0.3, 0.4) is 0 Å². The summed E-state index contributed by atoms with van der Waals surface area (Å²) in [5, 5.41) is 9.72. The fourth-order valence-corrected chi connectivity index (χ4v) is 2.52. The lowest BCUT2D eigenvalue weighted by molar-refractivity contribution is -0.00860. The maximum atomic E-state index is 9.72. The molecule has 76 valence electrons. The molecule has 2 heterocycles. The Labute approximate surface area is 80.3 Å². The number of piperidine rings is 1. The van der Waals surface area contributed by atoms with Gasteiger partial charge in [0.05, 0.1) is 0 Å². The van der Waals surface area contributed by atoms with Gasteiger partial charge in [-0.2, -0.15) is 0 Å². The number of rotatable bonds is 1. The maximum Gasteiger partial charge on any atom is 0.107 e. The molecule has 0 bridgehead atoms. The van der Waals surface area contributed by atoms with E-state index < -0.39 is 0 Å². The van der Waals surface area contributed by atoms with E-state index in [9.17, 15) is 5.11 Å². The maximum absolute atomic E-state index is 9.72. The standard InChI is InChI=1S/C10H20N2O/c1-11-7-4-9(5-8-11)12-6-2-3-10(12)13/h9-10,13H,2-8H2,1H3. The Kier molecular flexibility index (Phi) is 2.86. The first-order valence-corrected chi connectivity index (χ1v) is 5.40. The summed E-state index contributed by atoms with van der Waals surface area (Å²) in [4.78, 5) is 4.67. The Morgan fingerprint density at radius 3 is 2.31 bits per heavy atom. The molecule has 0 saturated carbocycles. The van der Waals surface area contributed by atoms with Crippen LogP contribution in [0.1, 0.15) is 25.7 Å². The number of aliphatic hydroxyl groups is 1. The van der Waals surface area contributed by atoms with Gasteiger partial charge in [-0.15, -0.1) is 0 Å². The van der Waals surface area contributed by atoms with Crippen molar-refractivity contribution >= 4 is 0 Å². The normalized spacial score (nSPS) is 34.2. The molecule has 3 nitrogen and oxygen atoms in total. The summed E-state index contributed by atoms with van der Waals surface area (Å²) in [5.41, 5.74) is 0. The first-order valence-electron chi connectivity index (χ1n) is 5.40. The number of aliphatic hydroxyl groups excluding tert-OH is 1. The molecule has 1 atom stereocenters. The summed E-state index contributed by atoms with van der Waals surface area (Å²) in [6.07, 6.45) is 4.47. The molecule has 0 spiro atoms. The lowest BCUT2D eigenvalue weighted by Gasteiger charge is -2.36. The van der Waals surface area contributed by atoms with Gasteiger partial charge < -0.3 is 10.0 Å². The van der Waals surface area contributed by atoms with E-state index in [2.05, 4.69) is 16.8 Å². The molecule has 1 N–H and O–H groups in total. The van der Waals surface area contributed by atoms with Crippen LogP contribution in [0.25, 0.3) is 0 Å². The van der Waals surface area contributed by atoms with Crippen molar-refractivity contribution in [3.8, 4) is 0 Å². The first-order chi connectivity index (χ1) is 6.27. The lowest BCUT2D eigenvalue weighted by Crippen LogP contribution is -2.45. The van der Waals surface area contributed by atoms with Crippen LogP contribution in [-0.2, 0) is 0 Å². The van der Waals surface area contributed by atoms with E-state index in [1.54, 1.807) is 0 Å². The topological polar surface area (TPSA) is 26.7 Å². The van der Waals surface area contributed by atoms with Crippen LogP contribution >= 0.6 is 0 Å². The highest BCUT2D eigenvalue weighted by molar-refractivity contribution is 4.83. The number of nitrogens with zero attached hydrogens (tertiary/aromatic N) is 2. The van der Waals surface area contributed by atoms with Gasteiger partial charge in [0.2, 0.25) is 0 Å². The SMILES string of the molecule is CN1CCC(N2CCCC2O)CC1. The summed E-state index contributed by atoms with van der Waals surface area (Å²) < 4.78 is 0. The molecule has 3 heteroatoms. The zero-order valence-electron chi connectivity index (χ0n) is 8.45. The minimum atomic E-state index is -0.145. The number of hydrogen-bond acceptors (Lipinski definition) is 3. The summed E-state index contributed by atoms with van der Waals surface area (Å²) >= 11 is 0. The van der Waals surface area contributed by atoms with Gasteiger partial charge in [-0.3, -0.25) is 4.90 Å². The van der Waals surface area contributed by atoms with Crippen molar-refractivity contribution in [3.05, 3.63) is 0 Å². The van der Waals surface area contributed by atoms with Crippen LogP contribution in [0.4, 0.5) is 0 Å². The highest BCUT2D eigenvalue weighted by Gasteiger charge is 2.30. The molecule has 2 fully saturated rings. The lowest BCUT2D eigenvalue weighted by atomic mass is 10.0. The van der Waals surface area contributed by atoms with Crippen LogP contribution in [0.5, 0.6) is 0 Å². The Bertz CT molecular complexity index is 166. The van der Waals surface area contributed by atoms with Gasteiger partial charge in [0, 0.05) is 12.6 Å². The van der Waals surface area contributed by atoms with Gasteiger partial charge >= 0.3 is 0 Å². The first kappa shape index (κ1) is 9.44. The van der Waals surface area contributed by atoms with Crippen LogP contribution < -0.4 is 0 Å². The molecular weight excluding hydrogens is 164 g/mol. The van der Waals surface area contributed by atoms with E-state index in [4.69, 9.17) is 0 Å². The minimum absolute atomic E-state index is 0.145. The molecule has 1 unspecified atom stereocenters. The predicted octanol–water partition coefficient (Wildman–Crippen LogP) is 0.495. The Morgan fingerprint density at radius 1 is 1.08 bits per heavy atom. The molecule has 0 aromatic rings. The number of hydrogen-bond donors (Lipinski definition) is 1. The molecule has 0 aliphatic carbocycles. The largest absolute Gasteiger partial charge is 0.378 e. The summed E-state index contributed by atoms with van der Waals surface area (Å²) in [6, 6.07) is 0.647. The molecule has 2 aliphatic heterocycles. The van der Waals surface area contributed by atoms with E-state index in [1.165, 1.54) is 32.4 Å². The molecule has 2 aliphatic rings. The molecule has 13 heavy (non-hydrogen) atoms. The predicted molar refractivity (Wildman–Crippen MR) is 52.5 cm³/mol. The van der Waals surface area contributed by atoms with Gasteiger partial charge in [0.15, 0.2) is 0 Å². The van der Waals surface area contributed by atoms with E-state index in [0.717, 1.165) is 13.0 Å². The second kappa shape index (κ2) is 3.95. The van der Waals surface area contributed by atoms with E-state index in [0.29, 0.717) is 6.04 Å². The van der Waals surface area contributed by atoms with Gasteiger partial charge in [-0.25, -0.2) is 0 Å². The third-order valence-corrected chi connectivity index (χ3v) is 3.42.